The predicted octanol–water partition coefficient (Wildman–Crippen LogP) is 1.61. The Bertz CT molecular complexity index is 428. The summed E-state index contributed by atoms with van der Waals surface area (Å²) in [6.07, 6.45) is 0.827. The number of benzene rings is 1. The van der Waals surface area contributed by atoms with Gasteiger partial charge in [0.05, 0.1) is 5.92 Å². The Balaban J connectivity index is 2.20. The highest BCUT2D eigenvalue weighted by Gasteiger charge is 2.41. The number of nitrogens with two attached hydrogens (primary N) is 1. The van der Waals surface area contributed by atoms with Crippen LogP contribution in [0.4, 0.5) is 5.69 Å². The molecule has 2 rings (SSSR count). The van der Waals surface area contributed by atoms with E-state index in [1.807, 2.05) is 26.1 Å². The SMILES string of the molecule is Cc1ccc(N(C)C(=O)C2CC2N)c(C)c1. The normalized spacial score (nSPS) is 23.0. The Morgan fingerprint density at radius 1 is 1.44 bits per heavy atom. The molecule has 1 fully saturated rings. The molecular formula is C13H18N2O. The number of hydrogen-bond acceptors (Lipinski definition) is 2. The number of amides is 1. The molecule has 0 heterocycles. The number of carbonyl (C=O) groups is 1. The van der Waals surface area contributed by atoms with Gasteiger partial charge in [0.25, 0.3) is 0 Å². The fraction of sp³-hybridized carbons (Fsp3) is 0.462. The molecule has 0 bridgehead atoms. The first-order chi connectivity index (χ1) is 7.50. The zero-order valence-corrected chi connectivity index (χ0v) is 10.0. The van der Waals surface area contributed by atoms with Gasteiger partial charge in [-0.15, -0.1) is 0 Å². The smallest absolute Gasteiger partial charge is 0.231 e. The lowest BCUT2D eigenvalue weighted by Crippen LogP contribution is -2.30. The Kier molecular flexibility index (Phi) is 2.72. The van der Waals surface area contributed by atoms with Crippen LogP contribution in [0.25, 0.3) is 0 Å². The first kappa shape index (κ1) is 11.1. The molecule has 3 nitrogen and oxygen atoms in total. The molecule has 2 N–H and O–H groups in total. The van der Waals surface area contributed by atoms with Gasteiger partial charge in [-0.25, -0.2) is 0 Å². The van der Waals surface area contributed by atoms with Crippen molar-refractivity contribution >= 4 is 11.6 Å². The van der Waals surface area contributed by atoms with Crippen molar-refractivity contribution in [1.82, 2.24) is 0 Å². The summed E-state index contributed by atoms with van der Waals surface area (Å²) in [5, 5.41) is 0. The molecule has 1 aliphatic rings. The van der Waals surface area contributed by atoms with Crippen molar-refractivity contribution in [1.29, 1.82) is 0 Å². The highest BCUT2D eigenvalue weighted by atomic mass is 16.2. The number of carbonyl (C=O) groups excluding carboxylic acids is 1. The maximum absolute atomic E-state index is 12.0. The van der Waals surface area contributed by atoms with Crippen molar-refractivity contribution in [2.24, 2.45) is 11.7 Å². The molecule has 1 aromatic rings. The lowest BCUT2D eigenvalue weighted by Gasteiger charge is -2.20. The zero-order valence-electron chi connectivity index (χ0n) is 10.0. The van der Waals surface area contributed by atoms with Gasteiger partial charge in [-0.1, -0.05) is 17.7 Å². The van der Waals surface area contributed by atoms with Gasteiger partial charge in [-0.05, 0) is 31.9 Å². The fourth-order valence-electron chi connectivity index (χ4n) is 2.05. The minimum Gasteiger partial charge on any atom is -0.327 e. The van der Waals surface area contributed by atoms with Crippen LogP contribution < -0.4 is 10.6 Å². The van der Waals surface area contributed by atoms with E-state index < -0.39 is 0 Å². The molecule has 0 radical (unpaired) electrons. The van der Waals surface area contributed by atoms with Crippen LogP contribution >= 0.6 is 0 Å². The van der Waals surface area contributed by atoms with Crippen LogP contribution in [0.3, 0.4) is 0 Å². The second-order valence-corrected chi connectivity index (χ2v) is 4.69. The molecular weight excluding hydrogens is 200 g/mol. The number of rotatable bonds is 2. The zero-order chi connectivity index (χ0) is 11.9. The number of aryl methyl sites for hydroxylation is 2. The van der Waals surface area contributed by atoms with E-state index >= 15 is 0 Å². The van der Waals surface area contributed by atoms with Crippen molar-refractivity contribution < 1.29 is 4.79 Å². The summed E-state index contributed by atoms with van der Waals surface area (Å²) < 4.78 is 0. The van der Waals surface area contributed by atoms with Gasteiger partial charge < -0.3 is 10.6 Å². The molecule has 2 unspecified atom stereocenters. The predicted molar refractivity (Wildman–Crippen MR) is 65.4 cm³/mol. The maximum atomic E-state index is 12.0. The summed E-state index contributed by atoms with van der Waals surface area (Å²) in [7, 11) is 1.82. The quantitative estimate of drug-likeness (QED) is 0.819. The van der Waals surface area contributed by atoms with Crippen molar-refractivity contribution in [3.8, 4) is 0 Å². The highest BCUT2D eigenvalue weighted by Crippen LogP contribution is 2.32. The van der Waals surface area contributed by atoms with Crippen LogP contribution in [0.1, 0.15) is 17.5 Å². The summed E-state index contributed by atoms with van der Waals surface area (Å²) in [5.41, 5.74) is 9.02. The number of nitrogens with zero attached hydrogens (tertiary/aromatic N) is 1. The van der Waals surface area contributed by atoms with Crippen molar-refractivity contribution in [2.45, 2.75) is 26.3 Å². The standard InChI is InChI=1S/C13H18N2O/c1-8-4-5-12(9(2)6-8)15(3)13(16)10-7-11(10)14/h4-6,10-11H,7,14H2,1-3H3. The van der Waals surface area contributed by atoms with E-state index in [-0.39, 0.29) is 17.9 Å². The Morgan fingerprint density at radius 2 is 2.06 bits per heavy atom. The monoisotopic (exact) mass is 218 g/mol. The summed E-state index contributed by atoms with van der Waals surface area (Å²) in [6.45, 7) is 4.08. The Hall–Kier alpha value is -1.35. The molecule has 0 spiro atoms. The van der Waals surface area contributed by atoms with Crippen LogP contribution in [0.5, 0.6) is 0 Å². The average molecular weight is 218 g/mol. The molecule has 1 amide bonds. The molecule has 0 aromatic heterocycles. The van der Waals surface area contributed by atoms with E-state index in [2.05, 4.69) is 13.0 Å². The van der Waals surface area contributed by atoms with E-state index in [4.69, 9.17) is 5.73 Å². The van der Waals surface area contributed by atoms with Crippen molar-refractivity contribution in [3.63, 3.8) is 0 Å². The van der Waals surface area contributed by atoms with Gasteiger partial charge in [0.2, 0.25) is 5.91 Å². The molecule has 16 heavy (non-hydrogen) atoms. The average Bonchev–Trinajstić information content (AvgIpc) is 2.93. The summed E-state index contributed by atoms with van der Waals surface area (Å²) in [5.74, 6) is 0.171. The molecule has 86 valence electrons. The molecule has 1 aliphatic carbocycles. The minimum atomic E-state index is 0.0331. The third-order valence-electron chi connectivity index (χ3n) is 3.20. The molecule has 1 aromatic carbocycles. The Labute approximate surface area is 96.2 Å². The fourth-order valence-corrected chi connectivity index (χ4v) is 2.05. The van der Waals surface area contributed by atoms with Gasteiger partial charge in [-0.3, -0.25) is 4.79 Å². The van der Waals surface area contributed by atoms with Crippen molar-refractivity contribution in [3.05, 3.63) is 29.3 Å². The van der Waals surface area contributed by atoms with Gasteiger partial charge in [0, 0.05) is 18.8 Å². The second kappa shape index (κ2) is 3.91. The largest absolute Gasteiger partial charge is 0.327 e. The van der Waals surface area contributed by atoms with E-state index in [9.17, 15) is 4.79 Å². The van der Waals surface area contributed by atoms with Crippen LogP contribution in [0.15, 0.2) is 18.2 Å². The third kappa shape index (κ3) is 1.95. The molecule has 3 heteroatoms. The van der Waals surface area contributed by atoms with E-state index in [0.717, 1.165) is 17.7 Å². The van der Waals surface area contributed by atoms with E-state index in [0.29, 0.717) is 0 Å². The van der Waals surface area contributed by atoms with Gasteiger partial charge in [0.1, 0.15) is 0 Å². The first-order valence-electron chi connectivity index (χ1n) is 5.61. The van der Waals surface area contributed by atoms with Crippen LogP contribution in [-0.4, -0.2) is 19.0 Å². The molecule has 0 aliphatic heterocycles. The van der Waals surface area contributed by atoms with Crippen LogP contribution in [0.2, 0.25) is 0 Å². The van der Waals surface area contributed by atoms with E-state index in [1.54, 1.807) is 4.90 Å². The summed E-state index contributed by atoms with van der Waals surface area (Å²) >= 11 is 0. The third-order valence-corrected chi connectivity index (χ3v) is 3.20. The maximum Gasteiger partial charge on any atom is 0.231 e. The highest BCUT2D eigenvalue weighted by molar-refractivity contribution is 5.97. The van der Waals surface area contributed by atoms with Crippen LogP contribution in [-0.2, 0) is 4.79 Å². The van der Waals surface area contributed by atoms with Crippen molar-refractivity contribution in [2.75, 3.05) is 11.9 Å². The summed E-state index contributed by atoms with van der Waals surface area (Å²) in [4.78, 5) is 13.7. The summed E-state index contributed by atoms with van der Waals surface area (Å²) in [6, 6.07) is 6.18. The van der Waals surface area contributed by atoms with Crippen LogP contribution in [0, 0.1) is 19.8 Å². The van der Waals surface area contributed by atoms with Gasteiger partial charge >= 0.3 is 0 Å². The molecule has 1 saturated carbocycles. The van der Waals surface area contributed by atoms with Gasteiger partial charge in [0.15, 0.2) is 0 Å². The number of hydrogen-bond donors (Lipinski definition) is 1. The minimum absolute atomic E-state index is 0.0331. The topological polar surface area (TPSA) is 46.3 Å². The second-order valence-electron chi connectivity index (χ2n) is 4.69. The first-order valence-corrected chi connectivity index (χ1v) is 5.61. The molecule has 2 atom stereocenters. The van der Waals surface area contributed by atoms with E-state index in [1.165, 1.54) is 5.56 Å². The van der Waals surface area contributed by atoms with Gasteiger partial charge in [-0.2, -0.15) is 0 Å². The number of anilines is 1. The lowest BCUT2D eigenvalue weighted by molar-refractivity contribution is -0.119. The molecule has 0 saturated heterocycles. The lowest BCUT2D eigenvalue weighted by atomic mass is 10.1. The Morgan fingerprint density at radius 3 is 2.56 bits per heavy atom.